The molecule has 2 aromatic rings. The molecule has 0 aliphatic rings. The molecule has 4 heteroatoms. The van der Waals surface area contributed by atoms with E-state index in [0.717, 1.165) is 16.6 Å². The molecule has 0 saturated heterocycles. The van der Waals surface area contributed by atoms with Gasteiger partial charge in [-0.15, -0.1) is 0 Å². The van der Waals surface area contributed by atoms with Crippen LogP contribution in [0.1, 0.15) is 23.0 Å². The Labute approximate surface area is 106 Å². The largest absolute Gasteiger partial charge is 0.462 e. The van der Waals surface area contributed by atoms with E-state index >= 15 is 0 Å². The van der Waals surface area contributed by atoms with Crippen molar-refractivity contribution in [2.24, 2.45) is 0 Å². The minimum Gasteiger partial charge on any atom is -0.462 e. The van der Waals surface area contributed by atoms with E-state index in [-0.39, 0.29) is 5.97 Å². The number of nitrogens with zero attached hydrogens (tertiary/aromatic N) is 1. The van der Waals surface area contributed by atoms with Crippen molar-refractivity contribution in [2.75, 3.05) is 13.7 Å². The molecule has 0 aliphatic carbocycles. The third-order valence-electron chi connectivity index (χ3n) is 2.97. The van der Waals surface area contributed by atoms with Gasteiger partial charge >= 0.3 is 5.97 Å². The first-order valence-electron chi connectivity index (χ1n) is 5.94. The van der Waals surface area contributed by atoms with Crippen molar-refractivity contribution in [1.82, 2.24) is 4.57 Å². The third-order valence-corrected chi connectivity index (χ3v) is 2.97. The highest BCUT2D eigenvalue weighted by Crippen LogP contribution is 2.26. The van der Waals surface area contributed by atoms with Gasteiger partial charge in [-0.3, -0.25) is 0 Å². The number of benzene rings is 1. The Morgan fingerprint density at radius 1 is 1.33 bits per heavy atom. The standard InChI is InChI=1S/C14H17NO3/c1-4-18-14(16)13-10(2)15(9-17-3)12-8-6-5-7-11(12)13/h5-8H,4,9H2,1-3H3. The van der Waals surface area contributed by atoms with Crippen LogP contribution in [0, 0.1) is 6.92 Å². The van der Waals surface area contributed by atoms with Crippen LogP contribution in [0.3, 0.4) is 0 Å². The smallest absolute Gasteiger partial charge is 0.340 e. The molecule has 0 aliphatic heterocycles. The van der Waals surface area contributed by atoms with Gasteiger partial charge in [-0.25, -0.2) is 4.79 Å². The molecule has 0 bridgehead atoms. The Morgan fingerprint density at radius 3 is 2.72 bits per heavy atom. The number of carbonyl (C=O) groups excluding carboxylic acids is 1. The second-order valence-electron chi connectivity index (χ2n) is 4.04. The summed E-state index contributed by atoms with van der Waals surface area (Å²) in [5.41, 5.74) is 2.49. The number of methoxy groups -OCH3 is 1. The molecule has 1 heterocycles. The maximum Gasteiger partial charge on any atom is 0.340 e. The van der Waals surface area contributed by atoms with Crippen LogP contribution in [-0.2, 0) is 16.2 Å². The predicted molar refractivity (Wildman–Crippen MR) is 69.6 cm³/mol. The number of ether oxygens (including phenoxy) is 2. The monoisotopic (exact) mass is 247 g/mol. The van der Waals surface area contributed by atoms with Crippen molar-refractivity contribution in [3.05, 3.63) is 35.5 Å². The molecule has 0 spiro atoms. The van der Waals surface area contributed by atoms with Gasteiger partial charge in [-0.05, 0) is 19.9 Å². The number of para-hydroxylation sites is 1. The molecule has 4 nitrogen and oxygen atoms in total. The van der Waals surface area contributed by atoms with Crippen molar-refractivity contribution >= 4 is 16.9 Å². The summed E-state index contributed by atoms with van der Waals surface area (Å²) in [6.07, 6.45) is 0. The first kappa shape index (κ1) is 12.6. The third kappa shape index (κ3) is 1.99. The van der Waals surface area contributed by atoms with Gasteiger partial charge in [0.05, 0.1) is 17.7 Å². The minimum absolute atomic E-state index is 0.277. The summed E-state index contributed by atoms with van der Waals surface area (Å²) >= 11 is 0. The number of aromatic nitrogens is 1. The molecule has 0 amide bonds. The van der Waals surface area contributed by atoms with E-state index in [2.05, 4.69) is 0 Å². The Morgan fingerprint density at radius 2 is 2.06 bits per heavy atom. The first-order chi connectivity index (χ1) is 8.70. The fourth-order valence-corrected chi connectivity index (χ4v) is 2.19. The summed E-state index contributed by atoms with van der Waals surface area (Å²) in [5.74, 6) is -0.277. The number of rotatable bonds is 4. The number of hydrogen-bond acceptors (Lipinski definition) is 3. The molecule has 0 fully saturated rings. The molecule has 1 aromatic heterocycles. The van der Waals surface area contributed by atoms with E-state index in [4.69, 9.17) is 9.47 Å². The summed E-state index contributed by atoms with van der Waals surface area (Å²) < 4.78 is 12.3. The number of carbonyl (C=O) groups is 1. The summed E-state index contributed by atoms with van der Waals surface area (Å²) in [7, 11) is 1.64. The van der Waals surface area contributed by atoms with E-state index in [1.807, 2.05) is 42.7 Å². The van der Waals surface area contributed by atoms with E-state index in [9.17, 15) is 4.79 Å². The van der Waals surface area contributed by atoms with Gasteiger partial charge in [0.25, 0.3) is 0 Å². The lowest BCUT2D eigenvalue weighted by Crippen LogP contribution is -2.08. The summed E-state index contributed by atoms with van der Waals surface area (Å²) in [6, 6.07) is 7.77. The summed E-state index contributed by atoms with van der Waals surface area (Å²) in [6.45, 7) is 4.51. The number of esters is 1. The Bertz CT molecular complexity index is 572. The second kappa shape index (κ2) is 5.23. The maximum atomic E-state index is 12.0. The molecule has 0 unspecified atom stereocenters. The van der Waals surface area contributed by atoms with E-state index in [1.54, 1.807) is 7.11 Å². The van der Waals surface area contributed by atoms with E-state index in [0.29, 0.717) is 18.9 Å². The fourth-order valence-electron chi connectivity index (χ4n) is 2.19. The van der Waals surface area contributed by atoms with Crippen LogP contribution in [-0.4, -0.2) is 24.3 Å². The van der Waals surface area contributed by atoms with Crippen molar-refractivity contribution in [3.63, 3.8) is 0 Å². The molecule has 1 aromatic carbocycles. The highest BCUT2D eigenvalue weighted by atomic mass is 16.5. The summed E-state index contributed by atoms with van der Waals surface area (Å²) in [5, 5.41) is 0.908. The average Bonchev–Trinajstić information content (AvgIpc) is 2.64. The first-order valence-corrected chi connectivity index (χ1v) is 5.94. The SMILES string of the molecule is CCOC(=O)c1c(C)n(COC)c2ccccc12. The zero-order valence-electron chi connectivity index (χ0n) is 10.9. The van der Waals surface area contributed by atoms with Crippen LogP contribution in [0.25, 0.3) is 10.9 Å². The molecule has 0 N–H and O–H groups in total. The van der Waals surface area contributed by atoms with Crippen LogP contribution in [0.15, 0.2) is 24.3 Å². The maximum absolute atomic E-state index is 12.0. The lowest BCUT2D eigenvalue weighted by Gasteiger charge is -2.06. The Kier molecular flexibility index (Phi) is 3.67. The molecular formula is C14H17NO3. The zero-order chi connectivity index (χ0) is 13.1. The Hall–Kier alpha value is -1.81. The normalized spacial score (nSPS) is 10.8. The fraction of sp³-hybridized carbons (Fsp3) is 0.357. The van der Waals surface area contributed by atoms with Crippen molar-refractivity contribution in [3.8, 4) is 0 Å². The summed E-state index contributed by atoms with van der Waals surface area (Å²) in [4.78, 5) is 12.0. The predicted octanol–water partition coefficient (Wildman–Crippen LogP) is 2.73. The van der Waals surface area contributed by atoms with Gasteiger partial charge in [-0.1, -0.05) is 18.2 Å². The van der Waals surface area contributed by atoms with E-state index < -0.39 is 0 Å². The number of fused-ring (bicyclic) bond motifs is 1. The van der Waals surface area contributed by atoms with Crippen molar-refractivity contribution in [2.45, 2.75) is 20.6 Å². The lowest BCUT2D eigenvalue weighted by molar-refractivity contribution is 0.0526. The van der Waals surface area contributed by atoms with Gasteiger partial charge in [0.15, 0.2) is 0 Å². The highest BCUT2D eigenvalue weighted by molar-refractivity contribution is 6.05. The molecule has 0 radical (unpaired) electrons. The quantitative estimate of drug-likeness (QED) is 0.780. The van der Waals surface area contributed by atoms with Gasteiger partial charge < -0.3 is 14.0 Å². The lowest BCUT2D eigenvalue weighted by atomic mass is 10.1. The Balaban J connectivity index is 2.65. The van der Waals surface area contributed by atoms with Gasteiger partial charge in [0.1, 0.15) is 6.73 Å². The second-order valence-corrected chi connectivity index (χ2v) is 4.04. The molecule has 0 saturated carbocycles. The molecule has 2 rings (SSSR count). The minimum atomic E-state index is -0.277. The zero-order valence-corrected chi connectivity index (χ0v) is 10.9. The van der Waals surface area contributed by atoms with Crippen LogP contribution in [0.5, 0.6) is 0 Å². The van der Waals surface area contributed by atoms with Crippen LogP contribution in [0.4, 0.5) is 0 Å². The number of hydrogen-bond donors (Lipinski definition) is 0. The molecule has 18 heavy (non-hydrogen) atoms. The molecule has 96 valence electrons. The van der Waals surface area contributed by atoms with Gasteiger partial charge in [0.2, 0.25) is 0 Å². The van der Waals surface area contributed by atoms with Crippen molar-refractivity contribution < 1.29 is 14.3 Å². The molecular weight excluding hydrogens is 230 g/mol. The van der Waals surface area contributed by atoms with Crippen LogP contribution < -0.4 is 0 Å². The van der Waals surface area contributed by atoms with E-state index in [1.165, 1.54) is 0 Å². The average molecular weight is 247 g/mol. The topological polar surface area (TPSA) is 40.5 Å². The van der Waals surface area contributed by atoms with Gasteiger partial charge in [-0.2, -0.15) is 0 Å². The van der Waals surface area contributed by atoms with Crippen LogP contribution in [0.2, 0.25) is 0 Å². The van der Waals surface area contributed by atoms with Crippen molar-refractivity contribution in [1.29, 1.82) is 0 Å². The highest BCUT2D eigenvalue weighted by Gasteiger charge is 2.20. The van der Waals surface area contributed by atoms with Gasteiger partial charge in [0, 0.05) is 18.2 Å². The van der Waals surface area contributed by atoms with Crippen LogP contribution >= 0.6 is 0 Å². The molecule has 0 atom stereocenters.